The number of aromatic nitrogens is 2. The molecule has 0 spiro atoms. The maximum atomic E-state index is 15.0. The number of amides is 1. The Morgan fingerprint density at radius 1 is 1.24 bits per heavy atom. The number of piperidine rings is 1. The number of nitriles is 1. The highest BCUT2D eigenvalue weighted by Gasteiger charge is 2.65. The molecule has 1 aliphatic heterocycles. The van der Waals surface area contributed by atoms with Crippen LogP contribution in [0.15, 0.2) is 53.7 Å². The zero-order chi connectivity index (χ0) is 26.9. The van der Waals surface area contributed by atoms with E-state index in [4.69, 9.17) is 4.74 Å². The van der Waals surface area contributed by atoms with Crippen molar-refractivity contribution in [1.29, 1.82) is 5.26 Å². The molecule has 198 valence electrons. The van der Waals surface area contributed by atoms with E-state index in [0.29, 0.717) is 12.1 Å². The molecule has 3 aromatic rings. The van der Waals surface area contributed by atoms with E-state index in [0.717, 1.165) is 37.6 Å². The molecule has 1 fully saturated rings. The van der Waals surface area contributed by atoms with Gasteiger partial charge in [-0.05, 0) is 43.7 Å². The van der Waals surface area contributed by atoms with Crippen LogP contribution in [0.1, 0.15) is 24.4 Å². The lowest BCUT2D eigenvalue weighted by atomic mass is 10.0. The van der Waals surface area contributed by atoms with Gasteiger partial charge >= 0.3 is 10.2 Å². The maximum absolute atomic E-state index is 15.0. The third-order valence-electron chi connectivity index (χ3n) is 5.65. The molecule has 1 saturated heterocycles. The molecule has 1 amide bonds. The van der Waals surface area contributed by atoms with Crippen LogP contribution in [0.3, 0.4) is 0 Å². The van der Waals surface area contributed by atoms with Gasteiger partial charge in [-0.25, -0.2) is 4.39 Å². The number of halogens is 6. The predicted molar refractivity (Wildman–Crippen MR) is 125 cm³/mol. The standard InChI is InChI=1S/C23H21F6N5O2S/c24-21-8-17(33-22(35)14-36-19-4-1-5-20(9-19)37(25,26,27,28)29)7-15(10-30)23(21)16-11-32-34(13-16)18-3-2-6-31-12-18/h1,4-5,7-9,11,13,18,31H,2-3,6,12,14H2,(H,33,35). The lowest BCUT2D eigenvalue weighted by Gasteiger charge is -2.40. The van der Waals surface area contributed by atoms with Crippen LogP contribution >= 0.6 is 10.2 Å². The van der Waals surface area contributed by atoms with Gasteiger partial charge in [0.25, 0.3) is 5.91 Å². The first-order valence-corrected chi connectivity index (χ1v) is 12.9. The Morgan fingerprint density at radius 2 is 2.03 bits per heavy atom. The summed E-state index contributed by atoms with van der Waals surface area (Å²) in [4.78, 5) is 10.1. The number of hydrogen-bond acceptors (Lipinski definition) is 5. The molecule has 1 aliphatic rings. The van der Waals surface area contributed by atoms with Crippen LogP contribution < -0.4 is 15.4 Å². The Balaban J connectivity index is 1.46. The number of anilines is 1. The first kappa shape index (κ1) is 26.4. The lowest BCUT2D eigenvalue weighted by Crippen LogP contribution is -2.31. The van der Waals surface area contributed by atoms with Gasteiger partial charge in [-0.2, -0.15) is 10.4 Å². The lowest BCUT2D eigenvalue weighted by molar-refractivity contribution is -0.118. The quantitative estimate of drug-likeness (QED) is 0.347. The molecular weight excluding hydrogens is 524 g/mol. The third kappa shape index (κ3) is 6.36. The molecule has 2 N–H and O–H groups in total. The van der Waals surface area contributed by atoms with Gasteiger partial charge < -0.3 is 15.4 Å². The Labute approximate surface area is 207 Å². The van der Waals surface area contributed by atoms with Gasteiger partial charge in [-0.3, -0.25) is 9.48 Å². The van der Waals surface area contributed by atoms with Crippen molar-refractivity contribution in [2.24, 2.45) is 0 Å². The van der Waals surface area contributed by atoms with Gasteiger partial charge in [0, 0.05) is 35.6 Å². The summed E-state index contributed by atoms with van der Waals surface area (Å²) >= 11 is 0. The van der Waals surface area contributed by atoms with Crippen LogP contribution in [0.25, 0.3) is 11.1 Å². The average Bonchev–Trinajstić information content (AvgIpc) is 3.31. The fourth-order valence-corrected chi connectivity index (χ4v) is 4.61. The number of nitrogens with one attached hydrogen (secondary N) is 2. The number of ether oxygens (including phenoxy) is 1. The first-order chi connectivity index (χ1) is 17.2. The van der Waals surface area contributed by atoms with Gasteiger partial charge in [-0.1, -0.05) is 25.5 Å². The molecule has 0 saturated carbocycles. The number of nitrogens with zero attached hydrogens (tertiary/aromatic N) is 3. The molecule has 1 atom stereocenters. The van der Waals surface area contributed by atoms with Crippen LogP contribution in [0.4, 0.5) is 29.5 Å². The molecule has 0 aliphatic carbocycles. The van der Waals surface area contributed by atoms with Gasteiger partial charge in [0.05, 0.1) is 23.9 Å². The van der Waals surface area contributed by atoms with E-state index in [1.54, 1.807) is 10.9 Å². The summed E-state index contributed by atoms with van der Waals surface area (Å²) < 4.78 is 86.5. The molecule has 4 rings (SSSR count). The minimum absolute atomic E-state index is 0.000391. The fraction of sp³-hybridized carbons (Fsp3) is 0.261. The molecule has 37 heavy (non-hydrogen) atoms. The van der Waals surface area contributed by atoms with E-state index in [1.165, 1.54) is 12.3 Å². The van der Waals surface area contributed by atoms with Crippen LogP contribution in [0, 0.1) is 17.1 Å². The van der Waals surface area contributed by atoms with E-state index < -0.39 is 39.2 Å². The molecule has 7 nitrogen and oxygen atoms in total. The minimum Gasteiger partial charge on any atom is -0.484 e. The third-order valence-corrected chi connectivity index (χ3v) is 6.80. The Morgan fingerprint density at radius 3 is 2.70 bits per heavy atom. The van der Waals surface area contributed by atoms with Crippen molar-refractivity contribution in [2.45, 2.75) is 23.8 Å². The Hall–Kier alpha value is -3.70. The summed E-state index contributed by atoms with van der Waals surface area (Å²) in [6.07, 6.45) is 4.96. The number of hydrogen-bond donors (Lipinski definition) is 2. The Bertz CT molecular complexity index is 1380. The topological polar surface area (TPSA) is 92.0 Å². The van der Waals surface area contributed by atoms with E-state index in [-0.39, 0.29) is 35.0 Å². The van der Waals surface area contributed by atoms with Gasteiger partial charge in [0.15, 0.2) is 6.61 Å². The second kappa shape index (κ2) is 9.00. The normalized spacial score (nSPS) is 17.8. The van der Waals surface area contributed by atoms with Crippen LogP contribution in [0.5, 0.6) is 5.75 Å². The van der Waals surface area contributed by atoms with Crippen molar-refractivity contribution in [3.8, 4) is 22.9 Å². The van der Waals surface area contributed by atoms with E-state index in [1.807, 2.05) is 6.07 Å². The highest BCUT2D eigenvalue weighted by molar-refractivity contribution is 8.45. The Kier molecular flexibility index (Phi) is 6.41. The summed E-state index contributed by atoms with van der Waals surface area (Å²) in [5.41, 5.74) is 0.196. The zero-order valence-corrected chi connectivity index (χ0v) is 19.9. The van der Waals surface area contributed by atoms with Crippen molar-refractivity contribution in [2.75, 3.05) is 25.0 Å². The van der Waals surface area contributed by atoms with Gasteiger partial charge in [0.1, 0.15) is 16.5 Å². The van der Waals surface area contributed by atoms with Gasteiger partial charge in [-0.15, -0.1) is 0 Å². The summed E-state index contributed by atoms with van der Waals surface area (Å²) in [7, 11) is -9.92. The van der Waals surface area contributed by atoms with Crippen molar-refractivity contribution in [3.05, 3.63) is 60.2 Å². The summed E-state index contributed by atoms with van der Waals surface area (Å²) in [6.45, 7) is 0.774. The minimum atomic E-state index is -9.92. The molecule has 0 radical (unpaired) electrons. The molecule has 1 aromatic heterocycles. The largest absolute Gasteiger partial charge is 0.484 e. The summed E-state index contributed by atoms with van der Waals surface area (Å²) in [5, 5.41) is 19.4. The number of carbonyl (C=O) groups excluding carboxylic acids is 1. The molecule has 2 heterocycles. The van der Waals surface area contributed by atoms with Crippen LogP contribution in [0.2, 0.25) is 0 Å². The summed E-state index contributed by atoms with van der Waals surface area (Å²) in [5.74, 6) is -2.32. The molecule has 0 bridgehead atoms. The maximum Gasteiger partial charge on any atom is 0.310 e. The second-order valence-corrected chi connectivity index (χ2v) is 10.9. The average molecular weight is 546 g/mol. The fourth-order valence-electron chi connectivity index (χ4n) is 3.94. The van der Waals surface area contributed by atoms with Crippen LogP contribution in [-0.4, -0.2) is 35.4 Å². The van der Waals surface area contributed by atoms with Crippen molar-refractivity contribution < 1.29 is 33.4 Å². The highest BCUT2D eigenvalue weighted by atomic mass is 32.5. The SMILES string of the molecule is N#Cc1cc(NC(=O)COc2cccc(S(F)(F)(F)(F)F)c2)cc(F)c1-c1cnn(C2CCCNC2)c1. The predicted octanol–water partition coefficient (Wildman–Crippen LogP) is 6.16. The summed E-state index contributed by atoms with van der Waals surface area (Å²) in [6, 6.07) is 6.18. The van der Waals surface area contributed by atoms with Crippen molar-refractivity contribution in [3.63, 3.8) is 0 Å². The van der Waals surface area contributed by atoms with Crippen molar-refractivity contribution >= 4 is 21.8 Å². The van der Waals surface area contributed by atoms with E-state index in [9.17, 15) is 29.5 Å². The first-order valence-electron chi connectivity index (χ1n) is 11.0. The molecule has 1 unspecified atom stereocenters. The monoisotopic (exact) mass is 545 g/mol. The van der Waals surface area contributed by atoms with Crippen LogP contribution in [-0.2, 0) is 4.79 Å². The van der Waals surface area contributed by atoms with E-state index in [2.05, 4.69) is 15.7 Å². The van der Waals surface area contributed by atoms with Gasteiger partial charge in [0.2, 0.25) is 0 Å². The zero-order valence-electron chi connectivity index (χ0n) is 19.1. The molecule has 2 aromatic carbocycles. The second-order valence-electron chi connectivity index (χ2n) is 8.48. The number of rotatable bonds is 7. The number of benzene rings is 2. The van der Waals surface area contributed by atoms with Crippen molar-refractivity contribution in [1.82, 2.24) is 15.1 Å². The number of carbonyl (C=O) groups is 1. The van der Waals surface area contributed by atoms with E-state index >= 15 is 4.39 Å². The smallest absolute Gasteiger partial charge is 0.310 e. The molecular formula is C23H21F6N5O2S. The molecule has 14 heteroatoms. The highest BCUT2D eigenvalue weighted by Crippen LogP contribution is 3.02.